The van der Waals surface area contributed by atoms with E-state index in [1.54, 1.807) is 0 Å². The largest absolute Gasteiger partial charge is 0.416 e. The Morgan fingerprint density at radius 2 is 1.75 bits per heavy atom. The molecule has 0 radical (unpaired) electrons. The Labute approximate surface area is 118 Å². The molecule has 0 fully saturated rings. The smallest absolute Gasteiger partial charge is 0.320 e. The fourth-order valence-electron chi connectivity index (χ4n) is 1.84. The normalized spacial score (nSPS) is 13.3. The zero-order valence-corrected chi connectivity index (χ0v) is 10.8. The highest BCUT2D eigenvalue weighted by Crippen LogP contribution is 2.32. The second kappa shape index (κ2) is 5.42. The molecule has 0 aliphatic carbocycles. The van der Waals surface area contributed by atoms with Crippen LogP contribution in [0.4, 0.5) is 17.6 Å². The van der Waals surface area contributed by atoms with E-state index in [1.807, 2.05) is 0 Å². The van der Waals surface area contributed by atoms with Crippen molar-refractivity contribution in [1.29, 1.82) is 0 Å². The second-order valence-electron chi connectivity index (χ2n) is 4.27. The predicted molar refractivity (Wildman–Crippen MR) is 68.9 cm³/mol. The van der Waals surface area contributed by atoms with Gasteiger partial charge in [-0.3, -0.25) is 0 Å². The van der Waals surface area contributed by atoms with Crippen LogP contribution in [0.15, 0.2) is 42.5 Å². The predicted octanol–water partition coefficient (Wildman–Crippen LogP) is 4.55. The number of nitrogens with two attached hydrogens (primary N) is 1. The lowest BCUT2D eigenvalue weighted by Crippen LogP contribution is -2.15. The molecule has 1 unspecified atom stereocenters. The van der Waals surface area contributed by atoms with E-state index in [-0.39, 0.29) is 16.1 Å². The molecule has 0 aromatic heterocycles. The van der Waals surface area contributed by atoms with Crippen LogP contribution in [-0.4, -0.2) is 0 Å². The van der Waals surface area contributed by atoms with Gasteiger partial charge in [0, 0.05) is 10.6 Å². The molecule has 0 aliphatic rings. The van der Waals surface area contributed by atoms with Crippen molar-refractivity contribution in [3.63, 3.8) is 0 Å². The summed E-state index contributed by atoms with van der Waals surface area (Å²) in [5.41, 5.74) is 5.23. The molecule has 2 aromatic carbocycles. The number of rotatable bonds is 2. The molecule has 20 heavy (non-hydrogen) atoms. The first kappa shape index (κ1) is 14.8. The van der Waals surface area contributed by atoms with Crippen LogP contribution < -0.4 is 5.73 Å². The lowest BCUT2D eigenvalue weighted by Gasteiger charge is -2.16. The Morgan fingerprint density at radius 3 is 2.40 bits per heavy atom. The van der Waals surface area contributed by atoms with Crippen LogP contribution in [0.3, 0.4) is 0 Å². The first-order valence-corrected chi connectivity index (χ1v) is 6.04. The Bertz CT molecular complexity index is 625. The highest BCUT2D eigenvalue weighted by molar-refractivity contribution is 6.30. The standard InChI is InChI=1S/C14H10ClF4N/c15-10-4-5-12(16)11(7-10)13(20)8-2-1-3-9(6-8)14(17,18)19/h1-7,13H,20H2. The minimum atomic E-state index is -4.47. The summed E-state index contributed by atoms with van der Waals surface area (Å²) in [6, 6.07) is 7.26. The van der Waals surface area contributed by atoms with Gasteiger partial charge in [-0.05, 0) is 35.9 Å². The summed E-state index contributed by atoms with van der Waals surface area (Å²) in [6.07, 6.45) is -4.47. The third-order valence-electron chi connectivity index (χ3n) is 2.87. The third-order valence-corrected chi connectivity index (χ3v) is 3.10. The van der Waals surface area contributed by atoms with E-state index in [1.165, 1.54) is 24.3 Å². The number of benzene rings is 2. The lowest BCUT2D eigenvalue weighted by atomic mass is 9.97. The van der Waals surface area contributed by atoms with Gasteiger partial charge in [0.25, 0.3) is 0 Å². The van der Waals surface area contributed by atoms with Gasteiger partial charge in [0.2, 0.25) is 0 Å². The number of hydrogen-bond donors (Lipinski definition) is 1. The fraction of sp³-hybridized carbons (Fsp3) is 0.143. The molecule has 6 heteroatoms. The fourth-order valence-corrected chi connectivity index (χ4v) is 2.02. The van der Waals surface area contributed by atoms with E-state index in [0.29, 0.717) is 0 Å². The SMILES string of the molecule is NC(c1cccc(C(F)(F)F)c1)c1cc(Cl)ccc1F. The van der Waals surface area contributed by atoms with Crippen LogP contribution in [-0.2, 0) is 6.18 Å². The molecule has 0 saturated carbocycles. The van der Waals surface area contributed by atoms with E-state index in [9.17, 15) is 17.6 Å². The molecule has 1 nitrogen and oxygen atoms in total. The minimum Gasteiger partial charge on any atom is -0.320 e. The molecule has 0 amide bonds. The molecule has 0 bridgehead atoms. The van der Waals surface area contributed by atoms with Crippen molar-refractivity contribution in [2.75, 3.05) is 0 Å². The first-order valence-electron chi connectivity index (χ1n) is 5.66. The van der Waals surface area contributed by atoms with Crippen molar-refractivity contribution in [2.45, 2.75) is 12.2 Å². The third kappa shape index (κ3) is 3.11. The topological polar surface area (TPSA) is 26.0 Å². The summed E-state index contributed by atoms with van der Waals surface area (Å²) in [7, 11) is 0. The summed E-state index contributed by atoms with van der Waals surface area (Å²) >= 11 is 5.75. The number of halogens is 5. The first-order chi connectivity index (χ1) is 9.29. The van der Waals surface area contributed by atoms with Crippen LogP contribution in [0.5, 0.6) is 0 Å². The van der Waals surface area contributed by atoms with Crippen molar-refractivity contribution in [2.24, 2.45) is 5.73 Å². The van der Waals surface area contributed by atoms with Gasteiger partial charge in [0.15, 0.2) is 0 Å². The van der Waals surface area contributed by atoms with Crippen LogP contribution >= 0.6 is 11.6 Å². The van der Waals surface area contributed by atoms with Gasteiger partial charge in [-0.15, -0.1) is 0 Å². The average Bonchev–Trinajstić information content (AvgIpc) is 2.40. The molecule has 2 N–H and O–H groups in total. The highest BCUT2D eigenvalue weighted by Gasteiger charge is 2.31. The second-order valence-corrected chi connectivity index (χ2v) is 4.70. The van der Waals surface area contributed by atoms with Crippen LogP contribution in [0.25, 0.3) is 0 Å². The van der Waals surface area contributed by atoms with Crippen LogP contribution in [0, 0.1) is 5.82 Å². The van der Waals surface area contributed by atoms with Gasteiger partial charge in [-0.25, -0.2) is 4.39 Å². The maximum atomic E-state index is 13.7. The van der Waals surface area contributed by atoms with Gasteiger partial charge in [0.05, 0.1) is 11.6 Å². The molecular formula is C14H10ClF4N. The van der Waals surface area contributed by atoms with Crippen molar-refractivity contribution < 1.29 is 17.6 Å². The zero-order valence-electron chi connectivity index (χ0n) is 10.1. The molecule has 2 rings (SSSR count). The summed E-state index contributed by atoms with van der Waals surface area (Å²) < 4.78 is 51.6. The molecule has 0 aliphatic heterocycles. The lowest BCUT2D eigenvalue weighted by molar-refractivity contribution is -0.137. The summed E-state index contributed by atoms with van der Waals surface area (Å²) in [6.45, 7) is 0. The van der Waals surface area contributed by atoms with Crippen LogP contribution in [0.2, 0.25) is 5.02 Å². The van der Waals surface area contributed by atoms with E-state index in [4.69, 9.17) is 17.3 Å². The number of alkyl halides is 3. The van der Waals surface area contributed by atoms with E-state index < -0.39 is 23.6 Å². The van der Waals surface area contributed by atoms with Crippen molar-refractivity contribution in [1.82, 2.24) is 0 Å². The maximum Gasteiger partial charge on any atom is 0.416 e. The van der Waals surface area contributed by atoms with Gasteiger partial charge >= 0.3 is 6.18 Å². The van der Waals surface area contributed by atoms with Crippen molar-refractivity contribution in [3.05, 3.63) is 70.0 Å². The highest BCUT2D eigenvalue weighted by atomic mass is 35.5. The molecule has 2 aromatic rings. The summed E-state index contributed by atoms with van der Waals surface area (Å²) in [5, 5.41) is 0.267. The Morgan fingerprint density at radius 1 is 1.05 bits per heavy atom. The summed E-state index contributed by atoms with van der Waals surface area (Å²) in [5.74, 6) is -0.612. The van der Waals surface area contributed by atoms with Crippen molar-refractivity contribution in [3.8, 4) is 0 Å². The molecular weight excluding hydrogens is 294 g/mol. The van der Waals surface area contributed by atoms with Gasteiger partial charge in [-0.2, -0.15) is 13.2 Å². The number of hydrogen-bond acceptors (Lipinski definition) is 1. The minimum absolute atomic E-state index is 0.0526. The molecule has 0 heterocycles. The van der Waals surface area contributed by atoms with Gasteiger partial charge in [-0.1, -0.05) is 23.7 Å². The van der Waals surface area contributed by atoms with Gasteiger partial charge < -0.3 is 5.73 Å². The maximum absolute atomic E-state index is 13.7. The van der Waals surface area contributed by atoms with E-state index >= 15 is 0 Å². The van der Waals surface area contributed by atoms with Gasteiger partial charge in [0.1, 0.15) is 5.82 Å². The molecule has 1 atom stereocenters. The van der Waals surface area contributed by atoms with E-state index in [2.05, 4.69) is 0 Å². The molecule has 106 valence electrons. The Kier molecular flexibility index (Phi) is 4.01. The molecule has 0 spiro atoms. The Balaban J connectivity index is 2.43. The molecule has 0 saturated heterocycles. The Hall–Kier alpha value is -1.59. The zero-order chi connectivity index (χ0) is 14.9. The average molecular weight is 304 g/mol. The summed E-state index contributed by atoms with van der Waals surface area (Å²) in [4.78, 5) is 0. The van der Waals surface area contributed by atoms with Crippen molar-refractivity contribution >= 4 is 11.6 Å². The van der Waals surface area contributed by atoms with Crippen LogP contribution in [0.1, 0.15) is 22.7 Å². The quantitative estimate of drug-likeness (QED) is 0.810. The van der Waals surface area contributed by atoms with E-state index in [0.717, 1.165) is 18.2 Å². The monoisotopic (exact) mass is 303 g/mol.